The van der Waals surface area contributed by atoms with Gasteiger partial charge in [-0.15, -0.1) is 0 Å². The largest absolute Gasteiger partial charge is 0.323 e. The van der Waals surface area contributed by atoms with Crippen LogP contribution in [0, 0.1) is 13.8 Å². The normalized spacial score (nSPS) is 12.7. The van der Waals surface area contributed by atoms with Gasteiger partial charge in [0.25, 0.3) is 0 Å². The van der Waals surface area contributed by atoms with Gasteiger partial charge >= 0.3 is 0 Å². The van der Waals surface area contributed by atoms with E-state index in [1.807, 2.05) is 12.3 Å². The highest BCUT2D eigenvalue weighted by Gasteiger charge is 2.10. The summed E-state index contributed by atoms with van der Waals surface area (Å²) in [5.41, 5.74) is 11.3. The summed E-state index contributed by atoms with van der Waals surface area (Å²) < 4.78 is 0. The average molecular weight is 269 g/mol. The van der Waals surface area contributed by atoms with Gasteiger partial charge in [0.2, 0.25) is 0 Å². The van der Waals surface area contributed by atoms with Crippen molar-refractivity contribution in [3.63, 3.8) is 0 Å². The summed E-state index contributed by atoms with van der Waals surface area (Å²) in [5.74, 6) is 0. The molecule has 0 saturated carbocycles. The quantitative estimate of drug-likeness (QED) is 0.907. The van der Waals surface area contributed by atoms with E-state index in [4.69, 9.17) is 5.73 Å². The van der Waals surface area contributed by atoms with Crippen molar-refractivity contribution in [2.75, 3.05) is 13.6 Å². The Bertz CT molecular complexity index is 531. The molecule has 0 radical (unpaired) electrons. The van der Waals surface area contributed by atoms with Crippen LogP contribution in [0.1, 0.15) is 28.3 Å². The minimum absolute atomic E-state index is 0.0373. The Balaban J connectivity index is 1.98. The van der Waals surface area contributed by atoms with E-state index in [1.54, 1.807) is 6.20 Å². The topological polar surface area (TPSA) is 42.1 Å². The van der Waals surface area contributed by atoms with Crippen LogP contribution in [0.4, 0.5) is 0 Å². The molecule has 3 heteroatoms. The zero-order chi connectivity index (χ0) is 14.5. The monoisotopic (exact) mass is 269 g/mol. The first kappa shape index (κ1) is 14.7. The molecule has 106 valence electrons. The molecule has 1 heterocycles. The van der Waals surface area contributed by atoms with Crippen LogP contribution in [0.15, 0.2) is 42.7 Å². The zero-order valence-corrected chi connectivity index (χ0v) is 12.5. The Labute approximate surface area is 121 Å². The van der Waals surface area contributed by atoms with E-state index < -0.39 is 0 Å². The summed E-state index contributed by atoms with van der Waals surface area (Å²) >= 11 is 0. The fourth-order valence-corrected chi connectivity index (χ4v) is 2.53. The van der Waals surface area contributed by atoms with Crippen LogP contribution in [-0.2, 0) is 6.54 Å². The number of hydrogen-bond acceptors (Lipinski definition) is 3. The molecule has 0 saturated heterocycles. The Morgan fingerprint density at radius 1 is 1.20 bits per heavy atom. The standard InChI is InChI=1S/C17H23N3/c1-13-7-14(2)9-16(8-13)17(18)12-20(3)11-15-5-4-6-19-10-15/h4-10,17H,11-12,18H2,1-3H3. The molecule has 0 bridgehead atoms. The second-order valence-corrected chi connectivity index (χ2v) is 5.59. The van der Waals surface area contributed by atoms with Crippen molar-refractivity contribution >= 4 is 0 Å². The molecule has 0 aliphatic carbocycles. The highest BCUT2D eigenvalue weighted by atomic mass is 15.1. The molecule has 1 aromatic heterocycles. The lowest BCUT2D eigenvalue weighted by molar-refractivity contribution is 0.305. The van der Waals surface area contributed by atoms with E-state index in [9.17, 15) is 0 Å². The second-order valence-electron chi connectivity index (χ2n) is 5.59. The maximum Gasteiger partial charge on any atom is 0.0424 e. The van der Waals surface area contributed by atoms with Crippen LogP contribution in [0.5, 0.6) is 0 Å². The molecule has 2 N–H and O–H groups in total. The fraction of sp³-hybridized carbons (Fsp3) is 0.353. The smallest absolute Gasteiger partial charge is 0.0424 e. The number of hydrogen-bond donors (Lipinski definition) is 1. The van der Waals surface area contributed by atoms with Crippen molar-refractivity contribution < 1.29 is 0 Å². The Kier molecular flexibility index (Phi) is 4.88. The molecule has 0 spiro atoms. The lowest BCUT2D eigenvalue weighted by Crippen LogP contribution is -2.28. The Hall–Kier alpha value is -1.71. The summed E-state index contributed by atoms with van der Waals surface area (Å²) in [6.07, 6.45) is 3.70. The van der Waals surface area contributed by atoms with E-state index in [1.165, 1.54) is 22.3 Å². The highest BCUT2D eigenvalue weighted by Crippen LogP contribution is 2.16. The lowest BCUT2D eigenvalue weighted by Gasteiger charge is -2.22. The van der Waals surface area contributed by atoms with Gasteiger partial charge in [-0.1, -0.05) is 35.4 Å². The average Bonchev–Trinajstić information content (AvgIpc) is 2.38. The molecule has 0 aliphatic heterocycles. The molecule has 1 unspecified atom stereocenters. The molecule has 0 fully saturated rings. The number of nitrogens with zero attached hydrogens (tertiary/aromatic N) is 2. The van der Waals surface area contributed by atoms with E-state index in [-0.39, 0.29) is 6.04 Å². The Morgan fingerprint density at radius 3 is 2.50 bits per heavy atom. The molecule has 20 heavy (non-hydrogen) atoms. The summed E-state index contributed by atoms with van der Waals surface area (Å²) in [7, 11) is 2.09. The number of pyridine rings is 1. The fourth-order valence-electron chi connectivity index (χ4n) is 2.53. The Morgan fingerprint density at radius 2 is 1.90 bits per heavy atom. The number of nitrogens with two attached hydrogens (primary N) is 1. The maximum atomic E-state index is 6.33. The van der Waals surface area contributed by atoms with Gasteiger partial charge in [0.1, 0.15) is 0 Å². The van der Waals surface area contributed by atoms with Crippen LogP contribution in [-0.4, -0.2) is 23.5 Å². The van der Waals surface area contributed by atoms with Gasteiger partial charge in [0.15, 0.2) is 0 Å². The SMILES string of the molecule is Cc1cc(C)cc(C(N)CN(C)Cc2cccnc2)c1. The molecule has 0 amide bonds. The van der Waals surface area contributed by atoms with Crippen LogP contribution in [0.2, 0.25) is 0 Å². The van der Waals surface area contributed by atoms with Gasteiger partial charge in [-0.2, -0.15) is 0 Å². The summed E-state index contributed by atoms with van der Waals surface area (Å²) in [6, 6.07) is 10.6. The van der Waals surface area contributed by atoms with E-state index in [0.29, 0.717) is 0 Å². The van der Waals surface area contributed by atoms with Gasteiger partial charge in [-0.3, -0.25) is 4.98 Å². The van der Waals surface area contributed by atoms with Crippen LogP contribution in [0.3, 0.4) is 0 Å². The number of benzene rings is 1. The summed E-state index contributed by atoms with van der Waals surface area (Å²) in [6.45, 7) is 5.93. The van der Waals surface area contributed by atoms with Gasteiger partial charge < -0.3 is 10.6 Å². The van der Waals surface area contributed by atoms with Crippen molar-refractivity contribution in [1.29, 1.82) is 0 Å². The van der Waals surface area contributed by atoms with Crippen LogP contribution in [0.25, 0.3) is 0 Å². The molecule has 2 rings (SSSR count). The number of rotatable bonds is 5. The van der Waals surface area contributed by atoms with Crippen LogP contribution < -0.4 is 5.73 Å². The number of likely N-dealkylation sites (N-methyl/N-ethyl adjacent to an activating group) is 1. The van der Waals surface area contributed by atoms with E-state index in [0.717, 1.165) is 13.1 Å². The van der Waals surface area contributed by atoms with E-state index >= 15 is 0 Å². The van der Waals surface area contributed by atoms with E-state index in [2.05, 4.69) is 55.0 Å². The minimum atomic E-state index is 0.0373. The molecule has 1 aromatic carbocycles. The lowest BCUT2D eigenvalue weighted by atomic mass is 10.0. The summed E-state index contributed by atoms with van der Waals surface area (Å²) in [5, 5.41) is 0. The third-order valence-corrected chi connectivity index (χ3v) is 3.36. The molecule has 2 aromatic rings. The third-order valence-electron chi connectivity index (χ3n) is 3.36. The first-order valence-electron chi connectivity index (χ1n) is 6.96. The van der Waals surface area contributed by atoms with Crippen molar-refractivity contribution in [2.24, 2.45) is 5.73 Å². The van der Waals surface area contributed by atoms with Crippen molar-refractivity contribution in [1.82, 2.24) is 9.88 Å². The van der Waals surface area contributed by atoms with Crippen molar-refractivity contribution in [3.05, 3.63) is 65.0 Å². The van der Waals surface area contributed by atoms with Gasteiger partial charge in [0.05, 0.1) is 0 Å². The zero-order valence-electron chi connectivity index (χ0n) is 12.5. The van der Waals surface area contributed by atoms with Gasteiger partial charge in [-0.25, -0.2) is 0 Å². The van der Waals surface area contributed by atoms with Crippen molar-refractivity contribution in [3.8, 4) is 0 Å². The number of aromatic nitrogens is 1. The molecule has 0 aliphatic rings. The minimum Gasteiger partial charge on any atom is -0.323 e. The predicted octanol–water partition coefficient (Wildman–Crippen LogP) is 2.83. The highest BCUT2D eigenvalue weighted by molar-refractivity contribution is 5.30. The molecule has 1 atom stereocenters. The first-order valence-corrected chi connectivity index (χ1v) is 6.96. The second kappa shape index (κ2) is 6.64. The molecular weight excluding hydrogens is 246 g/mol. The summed E-state index contributed by atoms with van der Waals surface area (Å²) in [4.78, 5) is 6.38. The first-order chi connectivity index (χ1) is 9.54. The van der Waals surface area contributed by atoms with Crippen molar-refractivity contribution in [2.45, 2.75) is 26.4 Å². The number of aryl methyl sites for hydroxylation is 2. The third kappa shape index (κ3) is 4.15. The molecular formula is C17H23N3. The van der Waals surface area contributed by atoms with Gasteiger partial charge in [0, 0.05) is 31.5 Å². The van der Waals surface area contributed by atoms with Gasteiger partial charge in [-0.05, 0) is 38.1 Å². The predicted molar refractivity (Wildman–Crippen MR) is 83.4 cm³/mol. The molecule has 3 nitrogen and oxygen atoms in total. The van der Waals surface area contributed by atoms with Crippen LogP contribution >= 0.6 is 0 Å². The maximum absolute atomic E-state index is 6.33.